The Bertz CT molecular complexity index is 607. The Balaban J connectivity index is 2.15. The van der Waals surface area contributed by atoms with Crippen molar-refractivity contribution < 1.29 is 14.3 Å². The number of ether oxygens (including phenoxy) is 1. The molecule has 21 heavy (non-hydrogen) atoms. The maximum absolute atomic E-state index is 12.1. The van der Waals surface area contributed by atoms with Crippen molar-refractivity contribution in [1.82, 2.24) is 9.55 Å². The summed E-state index contributed by atoms with van der Waals surface area (Å²) in [6.45, 7) is 3.76. The smallest absolute Gasteiger partial charge is 0.356 e. The molecular formula is C16H18N2O3. The molecule has 0 aliphatic heterocycles. The summed E-state index contributed by atoms with van der Waals surface area (Å²) in [5, 5.41) is 0. The molecule has 1 unspecified atom stereocenters. The van der Waals surface area contributed by atoms with Gasteiger partial charge in [-0.05, 0) is 12.5 Å². The Hall–Kier alpha value is -2.43. The van der Waals surface area contributed by atoms with E-state index < -0.39 is 5.97 Å². The highest BCUT2D eigenvalue weighted by atomic mass is 16.5. The molecule has 5 nitrogen and oxygen atoms in total. The Morgan fingerprint density at radius 3 is 2.71 bits per heavy atom. The van der Waals surface area contributed by atoms with Crippen molar-refractivity contribution in [2.24, 2.45) is 5.92 Å². The number of carbonyl (C=O) groups excluding carboxylic acids is 2. The summed E-state index contributed by atoms with van der Waals surface area (Å²) in [4.78, 5) is 26.7. The fraction of sp³-hybridized carbons (Fsp3) is 0.312. The normalized spacial score (nSPS) is 13.4. The monoisotopic (exact) mass is 286 g/mol. The van der Waals surface area contributed by atoms with Crippen molar-refractivity contribution >= 4 is 12.3 Å². The van der Waals surface area contributed by atoms with E-state index in [0.29, 0.717) is 5.69 Å². The van der Waals surface area contributed by atoms with Gasteiger partial charge in [-0.2, -0.15) is 0 Å². The number of carbonyl (C=O) groups is 2. The van der Waals surface area contributed by atoms with Gasteiger partial charge < -0.3 is 14.1 Å². The van der Waals surface area contributed by atoms with Crippen LogP contribution >= 0.6 is 0 Å². The summed E-state index contributed by atoms with van der Waals surface area (Å²) in [5.74, 6) is -0.777. The summed E-state index contributed by atoms with van der Waals surface area (Å²) in [5.41, 5.74) is 1.45. The second kappa shape index (κ2) is 6.83. The molecule has 110 valence electrons. The Kier molecular flexibility index (Phi) is 4.87. The average Bonchev–Trinajstić information content (AvgIpc) is 3.01. The highest BCUT2D eigenvalue weighted by Gasteiger charge is 2.18. The second-order valence-corrected chi connectivity index (χ2v) is 4.98. The molecule has 2 atom stereocenters. The van der Waals surface area contributed by atoms with Crippen LogP contribution in [0.3, 0.4) is 0 Å². The first-order chi connectivity index (χ1) is 10.1. The van der Waals surface area contributed by atoms with Gasteiger partial charge in [-0.15, -0.1) is 0 Å². The molecule has 0 aliphatic carbocycles. The van der Waals surface area contributed by atoms with Crippen molar-refractivity contribution in [3.63, 3.8) is 0 Å². The molecule has 0 saturated carbocycles. The molecule has 0 amide bonds. The van der Waals surface area contributed by atoms with Gasteiger partial charge in [0.15, 0.2) is 0 Å². The number of benzene rings is 1. The number of hydrogen-bond acceptors (Lipinski definition) is 4. The zero-order valence-corrected chi connectivity index (χ0v) is 12.1. The molecule has 1 aromatic heterocycles. The summed E-state index contributed by atoms with van der Waals surface area (Å²) < 4.78 is 6.90. The fourth-order valence-electron chi connectivity index (χ4n) is 1.98. The zero-order chi connectivity index (χ0) is 15.2. The van der Waals surface area contributed by atoms with Crippen LogP contribution in [0.2, 0.25) is 0 Å². The highest BCUT2D eigenvalue weighted by molar-refractivity contribution is 5.87. The third kappa shape index (κ3) is 3.56. The van der Waals surface area contributed by atoms with Crippen LogP contribution in [0.25, 0.3) is 0 Å². The molecule has 2 rings (SSSR count). The van der Waals surface area contributed by atoms with Gasteiger partial charge in [0.1, 0.15) is 18.6 Å². The molecule has 0 bridgehead atoms. The second-order valence-electron chi connectivity index (χ2n) is 4.98. The van der Waals surface area contributed by atoms with Crippen LogP contribution in [0.1, 0.15) is 35.9 Å². The number of aldehydes is 1. The lowest BCUT2D eigenvalue weighted by molar-refractivity contribution is -0.111. The largest absolute Gasteiger partial charge is 0.460 e. The first-order valence-electron chi connectivity index (χ1n) is 6.82. The minimum Gasteiger partial charge on any atom is -0.460 e. The standard InChI is InChI=1S/C16H18N2O3/c1-12(9-19)10-21-16(20)15-8-17-11-18(15)13(2)14-6-4-3-5-7-14/h3-9,11-13H,10H2,1-2H3/t12?,13-/m1/s1. The topological polar surface area (TPSA) is 61.2 Å². The van der Waals surface area contributed by atoms with E-state index >= 15 is 0 Å². The maximum Gasteiger partial charge on any atom is 0.356 e. The number of aromatic nitrogens is 2. The van der Waals surface area contributed by atoms with Crippen molar-refractivity contribution in [3.8, 4) is 0 Å². The number of esters is 1. The minimum absolute atomic E-state index is 0.0280. The van der Waals surface area contributed by atoms with E-state index in [0.717, 1.165) is 11.8 Å². The van der Waals surface area contributed by atoms with Crippen LogP contribution in [0, 0.1) is 5.92 Å². The number of hydrogen-bond donors (Lipinski definition) is 0. The predicted octanol–water partition coefficient (Wildman–Crippen LogP) is 2.48. The van der Waals surface area contributed by atoms with Crippen LogP contribution in [0.15, 0.2) is 42.9 Å². The lowest BCUT2D eigenvalue weighted by atomic mass is 10.1. The molecule has 0 N–H and O–H groups in total. The SMILES string of the molecule is CC(C=O)COC(=O)c1cncn1[C@H](C)c1ccccc1. The van der Waals surface area contributed by atoms with Gasteiger partial charge in [0.2, 0.25) is 0 Å². The molecule has 1 aromatic carbocycles. The average molecular weight is 286 g/mol. The van der Waals surface area contributed by atoms with E-state index in [9.17, 15) is 9.59 Å². The van der Waals surface area contributed by atoms with Crippen LogP contribution < -0.4 is 0 Å². The van der Waals surface area contributed by atoms with E-state index in [1.807, 2.05) is 37.3 Å². The van der Waals surface area contributed by atoms with Gasteiger partial charge in [0.05, 0.1) is 18.6 Å². The van der Waals surface area contributed by atoms with Crippen molar-refractivity contribution in [2.45, 2.75) is 19.9 Å². The molecule has 0 spiro atoms. The Morgan fingerprint density at radius 2 is 2.05 bits per heavy atom. The van der Waals surface area contributed by atoms with Gasteiger partial charge in [-0.25, -0.2) is 9.78 Å². The Labute approximate surface area is 123 Å². The summed E-state index contributed by atoms with van der Waals surface area (Å²) in [6.07, 6.45) is 3.85. The van der Waals surface area contributed by atoms with Gasteiger partial charge in [0, 0.05) is 5.92 Å². The summed E-state index contributed by atoms with van der Waals surface area (Å²) in [6, 6.07) is 9.81. The van der Waals surface area contributed by atoms with Gasteiger partial charge in [-0.3, -0.25) is 0 Å². The van der Waals surface area contributed by atoms with E-state index in [2.05, 4.69) is 4.98 Å². The molecule has 1 heterocycles. The third-order valence-electron chi connectivity index (χ3n) is 3.28. The molecule has 0 radical (unpaired) electrons. The van der Waals surface area contributed by atoms with Crippen LogP contribution in [-0.2, 0) is 9.53 Å². The molecular weight excluding hydrogens is 268 g/mol. The Morgan fingerprint density at radius 1 is 1.33 bits per heavy atom. The van der Waals surface area contributed by atoms with Crippen molar-refractivity contribution in [1.29, 1.82) is 0 Å². The first kappa shape index (κ1) is 15.0. The molecule has 2 aromatic rings. The highest BCUT2D eigenvalue weighted by Crippen LogP contribution is 2.19. The molecule has 0 saturated heterocycles. The van der Waals surface area contributed by atoms with Gasteiger partial charge >= 0.3 is 5.97 Å². The fourth-order valence-corrected chi connectivity index (χ4v) is 1.98. The number of nitrogens with zero attached hydrogens (tertiary/aromatic N) is 2. The minimum atomic E-state index is -0.469. The summed E-state index contributed by atoms with van der Waals surface area (Å²) >= 11 is 0. The first-order valence-corrected chi connectivity index (χ1v) is 6.82. The van der Waals surface area contributed by atoms with E-state index in [1.54, 1.807) is 17.8 Å². The van der Waals surface area contributed by atoms with Crippen LogP contribution in [0.4, 0.5) is 0 Å². The lowest BCUT2D eigenvalue weighted by Gasteiger charge is -2.16. The summed E-state index contributed by atoms with van der Waals surface area (Å²) in [7, 11) is 0. The third-order valence-corrected chi connectivity index (χ3v) is 3.28. The van der Waals surface area contributed by atoms with Gasteiger partial charge in [-0.1, -0.05) is 37.3 Å². The van der Waals surface area contributed by atoms with Crippen LogP contribution in [-0.4, -0.2) is 28.4 Å². The van der Waals surface area contributed by atoms with E-state index in [-0.39, 0.29) is 18.6 Å². The predicted molar refractivity (Wildman–Crippen MR) is 78.0 cm³/mol. The maximum atomic E-state index is 12.1. The lowest BCUT2D eigenvalue weighted by Crippen LogP contribution is -2.18. The van der Waals surface area contributed by atoms with E-state index in [1.165, 1.54) is 6.20 Å². The quantitative estimate of drug-likeness (QED) is 0.604. The molecule has 0 aliphatic rings. The van der Waals surface area contributed by atoms with E-state index in [4.69, 9.17) is 4.74 Å². The number of rotatable bonds is 6. The number of imidazole rings is 1. The molecule has 0 fully saturated rings. The van der Waals surface area contributed by atoms with Crippen molar-refractivity contribution in [3.05, 3.63) is 54.1 Å². The molecule has 5 heteroatoms. The van der Waals surface area contributed by atoms with Gasteiger partial charge in [0.25, 0.3) is 0 Å². The zero-order valence-electron chi connectivity index (χ0n) is 12.1. The van der Waals surface area contributed by atoms with Crippen LogP contribution in [0.5, 0.6) is 0 Å². The van der Waals surface area contributed by atoms with Crippen molar-refractivity contribution in [2.75, 3.05) is 6.61 Å².